The molecule has 5 rings (SSSR count). The monoisotopic (exact) mass is 532 g/mol. The van der Waals surface area contributed by atoms with E-state index in [-0.39, 0.29) is 16.9 Å². The van der Waals surface area contributed by atoms with Crippen LogP contribution in [0.4, 0.5) is 0 Å². The summed E-state index contributed by atoms with van der Waals surface area (Å²) < 4.78 is 10.6. The molecule has 0 aliphatic carbocycles. The predicted molar refractivity (Wildman–Crippen MR) is 144 cm³/mol. The first-order valence-corrected chi connectivity index (χ1v) is 12.3. The fourth-order valence-electron chi connectivity index (χ4n) is 4.46. The van der Waals surface area contributed by atoms with E-state index >= 15 is 0 Å². The Balaban J connectivity index is 1.73. The van der Waals surface area contributed by atoms with E-state index in [1.54, 1.807) is 41.9 Å². The number of ether oxygens (including phenoxy) is 1. The summed E-state index contributed by atoms with van der Waals surface area (Å²) >= 11 is 6.10. The second-order valence-electron chi connectivity index (χ2n) is 8.86. The van der Waals surface area contributed by atoms with Crippen LogP contribution in [0.25, 0.3) is 28.4 Å². The van der Waals surface area contributed by atoms with E-state index in [4.69, 9.17) is 21.3 Å². The maximum atomic E-state index is 13.3. The van der Waals surface area contributed by atoms with Gasteiger partial charge in [-0.05, 0) is 36.6 Å². The van der Waals surface area contributed by atoms with Crippen LogP contribution in [0.15, 0.2) is 70.3 Å². The van der Waals surface area contributed by atoms with Crippen molar-refractivity contribution >= 4 is 28.7 Å². The lowest BCUT2D eigenvalue weighted by atomic mass is 10.1. The van der Waals surface area contributed by atoms with Crippen LogP contribution in [-0.4, -0.2) is 41.5 Å². The number of hydrogen-bond donors (Lipinski definition) is 0. The van der Waals surface area contributed by atoms with E-state index < -0.39 is 17.2 Å². The number of benzene rings is 2. The minimum atomic E-state index is -0.617. The van der Waals surface area contributed by atoms with E-state index in [0.717, 1.165) is 22.1 Å². The van der Waals surface area contributed by atoms with Crippen LogP contribution < -0.4 is 11.2 Å². The highest BCUT2D eigenvalue weighted by atomic mass is 35.5. The van der Waals surface area contributed by atoms with Crippen LogP contribution in [0.3, 0.4) is 0 Å². The van der Waals surface area contributed by atoms with Crippen molar-refractivity contribution in [2.24, 2.45) is 14.1 Å². The Morgan fingerprint density at radius 3 is 2.39 bits per heavy atom. The molecule has 0 N–H and O–H groups in total. The molecule has 0 saturated carbocycles. The van der Waals surface area contributed by atoms with Gasteiger partial charge in [0.25, 0.3) is 5.56 Å². The summed E-state index contributed by atoms with van der Waals surface area (Å²) in [6.45, 7) is 0.418. The highest BCUT2D eigenvalue weighted by molar-refractivity contribution is 6.30. The smallest absolute Gasteiger partial charge is 0.358 e. The predicted octanol–water partition coefficient (Wildman–Crippen LogP) is 3.36. The number of carbonyl (C=O) groups is 1. The lowest BCUT2D eigenvalue weighted by Gasteiger charge is -2.12. The summed E-state index contributed by atoms with van der Waals surface area (Å²) in [5.74, 6) is -0.319. The maximum Gasteiger partial charge on any atom is 0.358 e. The van der Waals surface area contributed by atoms with Gasteiger partial charge in [0.05, 0.1) is 12.8 Å². The van der Waals surface area contributed by atoms with Crippen LogP contribution in [0.2, 0.25) is 5.02 Å². The number of hydrogen-bond acceptors (Lipinski definition) is 6. The quantitative estimate of drug-likeness (QED) is 0.298. The van der Waals surface area contributed by atoms with Crippen LogP contribution >= 0.6 is 11.6 Å². The number of carbonyl (C=O) groups excluding carboxylic acids is 1. The van der Waals surface area contributed by atoms with Crippen molar-refractivity contribution in [1.82, 2.24) is 28.5 Å². The molecule has 3 aromatic heterocycles. The summed E-state index contributed by atoms with van der Waals surface area (Å²) in [7, 11) is 4.29. The summed E-state index contributed by atoms with van der Waals surface area (Å²) in [5.41, 5.74) is 2.05. The third-order valence-electron chi connectivity index (χ3n) is 6.45. The molecule has 194 valence electrons. The normalized spacial score (nSPS) is 11.3. The lowest BCUT2D eigenvalue weighted by Crippen LogP contribution is -2.37. The Bertz CT molecular complexity index is 1760. The molecule has 3 heterocycles. The molecule has 0 fully saturated rings. The Hall–Kier alpha value is -4.44. The van der Waals surface area contributed by atoms with Gasteiger partial charge in [-0.1, -0.05) is 54.1 Å². The van der Waals surface area contributed by atoms with Crippen molar-refractivity contribution in [2.45, 2.75) is 19.4 Å². The van der Waals surface area contributed by atoms with Gasteiger partial charge in [0.2, 0.25) is 5.95 Å². The number of aromatic nitrogens is 6. The Morgan fingerprint density at radius 1 is 1.00 bits per heavy atom. The zero-order chi connectivity index (χ0) is 27.0. The number of rotatable bonds is 7. The van der Waals surface area contributed by atoms with E-state index in [1.807, 2.05) is 30.3 Å². The average Bonchev–Trinajstić information content (AvgIpc) is 3.54. The fraction of sp³-hybridized carbons (Fsp3) is 0.222. The minimum Gasteiger partial charge on any atom is -0.464 e. The van der Waals surface area contributed by atoms with Crippen molar-refractivity contribution in [2.75, 3.05) is 7.11 Å². The second-order valence-corrected chi connectivity index (χ2v) is 9.29. The summed E-state index contributed by atoms with van der Waals surface area (Å²) in [4.78, 5) is 43.2. The van der Waals surface area contributed by atoms with Crippen LogP contribution in [0, 0.1) is 0 Å². The van der Waals surface area contributed by atoms with Gasteiger partial charge in [-0.15, -0.1) is 0 Å². The molecule has 0 amide bonds. The standard InChI is InChI=1S/C27H25ClN6O4/c1-31-23-22(24(35)32(2)27(31)37)33(15-7-10-17-8-5-4-6-9-17)26(29-23)34-21(16-20(30-34)25(36)38-3)18-11-13-19(28)14-12-18/h4-6,8-9,11-14,16H,7,10,15H2,1-3H3. The van der Waals surface area contributed by atoms with E-state index in [1.165, 1.54) is 23.4 Å². The molecule has 38 heavy (non-hydrogen) atoms. The summed E-state index contributed by atoms with van der Waals surface area (Å²) in [6, 6.07) is 18.7. The van der Waals surface area contributed by atoms with Crippen molar-refractivity contribution in [3.05, 3.63) is 97.8 Å². The molecule has 0 saturated heterocycles. The molecule has 0 radical (unpaired) electrons. The third kappa shape index (κ3) is 4.43. The molecular weight excluding hydrogens is 508 g/mol. The Labute approximate surface area is 222 Å². The number of esters is 1. The largest absolute Gasteiger partial charge is 0.464 e. The average molecular weight is 533 g/mol. The van der Waals surface area contributed by atoms with Crippen molar-refractivity contribution < 1.29 is 9.53 Å². The van der Waals surface area contributed by atoms with Crippen LogP contribution in [-0.2, 0) is 31.8 Å². The maximum absolute atomic E-state index is 13.3. The molecule has 0 bridgehead atoms. The highest BCUT2D eigenvalue weighted by Gasteiger charge is 2.25. The van der Waals surface area contributed by atoms with Gasteiger partial charge in [0.15, 0.2) is 16.9 Å². The van der Waals surface area contributed by atoms with Gasteiger partial charge in [0.1, 0.15) is 0 Å². The van der Waals surface area contributed by atoms with Crippen molar-refractivity contribution in [3.63, 3.8) is 0 Å². The molecule has 11 heteroatoms. The number of halogens is 1. The molecule has 0 atom stereocenters. The van der Waals surface area contributed by atoms with E-state index in [0.29, 0.717) is 29.6 Å². The lowest BCUT2D eigenvalue weighted by molar-refractivity contribution is 0.0593. The summed E-state index contributed by atoms with van der Waals surface area (Å²) in [6.07, 6.45) is 1.46. The van der Waals surface area contributed by atoms with E-state index in [2.05, 4.69) is 5.10 Å². The zero-order valence-corrected chi connectivity index (χ0v) is 21.8. The third-order valence-corrected chi connectivity index (χ3v) is 6.70. The molecule has 10 nitrogen and oxygen atoms in total. The first-order valence-electron chi connectivity index (χ1n) is 11.9. The molecule has 0 aliphatic heterocycles. The second kappa shape index (κ2) is 10.1. The highest BCUT2D eigenvalue weighted by Crippen LogP contribution is 2.27. The SMILES string of the molecule is COC(=O)c1cc(-c2ccc(Cl)cc2)n(-c2nc3c(c(=O)n(C)c(=O)n3C)n2CCCc2ccccc2)n1. The number of nitrogens with zero attached hydrogens (tertiary/aromatic N) is 6. The van der Waals surface area contributed by atoms with Crippen LogP contribution in [0.1, 0.15) is 22.5 Å². The van der Waals surface area contributed by atoms with Gasteiger partial charge < -0.3 is 9.30 Å². The number of fused-ring (bicyclic) bond motifs is 1. The zero-order valence-electron chi connectivity index (χ0n) is 21.1. The van der Waals surface area contributed by atoms with Gasteiger partial charge in [-0.3, -0.25) is 13.9 Å². The number of aryl methyl sites for hydroxylation is 3. The first-order chi connectivity index (χ1) is 18.3. The van der Waals surface area contributed by atoms with Gasteiger partial charge >= 0.3 is 11.7 Å². The topological polar surface area (TPSA) is 106 Å². The molecule has 0 unspecified atom stereocenters. The van der Waals surface area contributed by atoms with Crippen LogP contribution in [0.5, 0.6) is 0 Å². The van der Waals surface area contributed by atoms with Gasteiger partial charge in [-0.25, -0.2) is 9.59 Å². The molecular formula is C27H25ClN6O4. The minimum absolute atomic E-state index is 0.0714. The van der Waals surface area contributed by atoms with Gasteiger partial charge in [0, 0.05) is 31.2 Å². The Morgan fingerprint density at radius 2 is 1.71 bits per heavy atom. The van der Waals surface area contributed by atoms with Crippen molar-refractivity contribution in [3.8, 4) is 17.2 Å². The molecule has 2 aromatic carbocycles. The fourth-order valence-corrected chi connectivity index (χ4v) is 4.58. The van der Waals surface area contributed by atoms with E-state index in [9.17, 15) is 14.4 Å². The van der Waals surface area contributed by atoms with Crippen molar-refractivity contribution in [1.29, 1.82) is 0 Å². The molecule has 0 spiro atoms. The Kier molecular flexibility index (Phi) is 6.73. The number of methoxy groups -OCH3 is 1. The summed E-state index contributed by atoms with van der Waals surface area (Å²) in [5, 5.41) is 5.06. The molecule has 5 aromatic rings. The van der Waals surface area contributed by atoms with Gasteiger partial charge in [-0.2, -0.15) is 14.8 Å². The molecule has 0 aliphatic rings. The first kappa shape index (κ1) is 25.2. The number of imidazole rings is 1.